The molecule has 0 unspecified atom stereocenters. The SMILES string of the molecule is Cc1[nH]nc2ncc(NC(=O)[C@@H](O)c3ccccc3)cc12. The lowest BCUT2D eigenvalue weighted by atomic mass is 10.1. The molecule has 1 atom stereocenters. The Hall–Kier alpha value is -2.73. The maximum atomic E-state index is 12.1. The molecule has 0 fully saturated rings. The second-order valence-electron chi connectivity index (χ2n) is 4.75. The standard InChI is InChI=1S/C15H14N4O2/c1-9-12-7-11(8-16-14(12)19-18-9)17-15(21)13(20)10-5-3-2-4-6-10/h2-8,13,20H,1H3,(H,17,21)(H,16,18,19)/t13-/m0/s1. The van der Waals surface area contributed by atoms with E-state index in [1.807, 2.05) is 13.0 Å². The highest BCUT2D eigenvalue weighted by molar-refractivity contribution is 5.96. The summed E-state index contributed by atoms with van der Waals surface area (Å²) in [5.74, 6) is -0.497. The van der Waals surface area contributed by atoms with Crippen LogP contribution in [0, 0.1) is 6.92 Å². The molecule has 1 aromatic carbocycles. The second kappa shape index (κ2) is 5.34. The molecule has 21 heavy (non-hydrogen) atoms. The summed E-state index contributed by atoms with van der Waals surface area (Å²) in [4.78, 5) is 16.2. The highest BCUT2D eigenvalue weighted by Crippen LogP contribution is 2.19. The number of carbonyl (C=O) groups excluding carboxylic acids is 1. The first-order chi connectivity index (χ1) is 10.1. The number of rotatable bonds is 3. The molecule has 0 saturated carbocycles. The number of aromatic amines is 1. The van der Waals surface area contributed by atoms with Gasteiger partial charge in [0.05, 0.1) is 11.9 Å². The van der Waals surface area contributed by atoms with Crippen LogP contribution >= 0.6 is 0 Å². The third-order valence-electron chi connectivity index (χ3n) is 3.23. The summed E-state index contributed by atoms with van der Waals surface area (Å²) < 4.78 is 0. The lowest BCUT2D eigenvalue weighted by Crippen LogP contribution is -2.20. The van der Waals surface area contributed by atoms with Gasteiger partial charge in [-0.15, -0.1) is 0 Å². The van der Waals surface area contributed by atoms with Crippen LogP contribution in [0.4, 0.5) is 5.69 Å². The Balaban J connectivity index is 1.81. The first-order valence-corrected chi connectivity index (χ1v) is 6.50. The molecule has 3 rings (SSSR count). The van der Waals surface area contributed by atoms with Gasteiger partial charge in [-0.3, -0.25) is 9.89 Å². The van der Waals surface area contributed by atoms with Gasteiger partial charge in [0.2, 0.25) is 0 Å². The molecule has 2 aromatic heterocycles. The van der Waals surface area contributed by atoms with E-state index in [9.17, 15) is 9.90 Å². The average molecular weight is 282 g/mol. The molecule has 3 aromatic rings. The zero-order chi connectivity index (χ0) is 14.8. The van der Waals surface area contributed by atoms with E-state index in [1.54, 1.807) is 30.3 Å². The van der Waals surface area contributed by atoms with Gasteiger partial charge in [0, 0.05) is 11.1 Å². The molecule has 6 heteroatoms. The van der Waals surface area contributed by atoms with Crippen molar-refractivity contribution in [2.24, 2.45) is 0 Å². The van der Waals surface area contributed by atoms with E-state index < -0.39 is 12.0 Å². The Bertz CT molecular complexity index is 783. The number of aliphatic hydroxyl groups excluding tert-OH is 1. The Kier molecular flexibility index (Phi) is 3.37. The van der Waals surface area contributed by atoms with Gasteiger partial charge in [-0.05, 0) is 18.6 Å². The topological polar surface area (TPSA) is 90.9 Å². The first-order valence-electron chi connectivity index (χ1n) is 6.50. The molecule has 3 N–H and O–H groups in total. The van der Waals surface area contributed by atoms with E-state index in [4.69, 9.17) is 0 Å². The Morgan fingerprint density at radius 3 is 2.86 bits per heavy atom. The fraction of sp³-hybridized carbons (Fsp3) is 0.133. The van der Waals surface area contributed by atoms with Crippen molar-refractivity contribution < 1.29 is 9.90 Å². The van der Waals surface area contributed by atoms with Gasteiger partial charge >= 0.3 is 0 Å². The van der Waals surface area contributed by atoms with E-state index in [-0.39, 0.29) is 0 Å². The van der Waals surface area contributed by atoms with E-state index in [1.165, 1.54) is 6.20 Å². The minimum Gasteiger partial charge on any atom is -0.378 e. The highest BCUT2D eigenvalue weighted by atomic mass is 16.3. The third kappa shape index (κ3) is 2.61. The fourth-order valence-corrected chi connectivity index (χ4v) is 2.09. The van der Waals surface area contributed by atoms with Crippen LogP contribution in [0.1, 0.15) is 17.4 Å². The summed E-state index contributed by atoms with van der Waals surface area (Å²) in [5, 5.41) is 20.4. The molecule has 0 aliphatic carbocycles. The highest BCUT2D eigenvalue weighted by Gasteiger charge is 2.17. The van der Waals surface area contributed by atoms with Gasteiger partial charge in [0.1, 0.15) is 0 Å². The number of nitrogens with one attached hydrogen (secondary N) is 2. The normalized spacial score (nSPS) is 12.3. The van der Waals surface area contributed by atoms with E-state index in [0.29, 0.717) is 16.9 Å². The maximum absolute atomic E-state index is 12.1. The van der Waals surface area contributed by atoms with E-state index >= 15 is 0 Å². The summed E-state index contributed by atoms with van der Waals surface area (Å²) in [6.07, 6.45) is 0.297. The predicted octanol–water partition coefficient (Wildman–Crippen LogP) is 1.94. The summed E-state index contributed by atoms with van der Waals surface area (Å²) in [6, 6.07) is 10.5. The van der Waals surface area contributed by atoms with Gasteiger partial charge in [-0.2, -0.15) is 5.10 Å². The van der Waals surface area contributed by atoms with Gasteiger partial charge in [0.25, 0.3) is 5.91 Å². The summed E-state index contributed by atoms with van der Waals surface area (Å²) in [7, 11) is 0. The molecular weight excluding hydrogens is 268 g/mol. The van der Waals surface area contributed by atoms with Crippen molar-refractivity contribution in [1.82, 2.24) is 15.2 Å². The molecule has 106 valence electrons. The number of fused-ring (bicyclic) bond motifs is 1. The van der Waals surface area contributed by atoms with Crippen LogP contribution in [0.5, 0.6) is 0 Å². The quantitative estimate of drug-likeness (QED) is 0.684. The summed E-state index contributed by atoms with van der Waals surface area (Å²) >= 11 is 0. The minimum absolute atomic E-state index is 0.497. The number of H-pyrrole nitrogens is 1. The van der Waals surface area contributed by atoms with Gasteiger partial charge in [-0.25, -0.2) is 4.98 Å². The fourth-order valence-electron chi connectivity index (χ4n) is 2.09. The average Bonchev–Trinajstić information content (AvgIpc) is 2.88. The summed E-state index contributed by atoms with van der Waals surface area (Å²) in [5.41, 5.74) is 2.53. The molecule has 0 spiro atoms. The molecule has 0 saturated heterocycles. The van der Waals surface area contributed by atoms with Crippen LogP contribution in [-0.2, 0) is 4.79 Å². The van der Waals surface area contributed by atoms with Crippen molar-refractivity contribution >= 4 is 22.6 Å². The number of aliphatic hydroxyl groups is 1. The first kappa shape index (κ1) is 13.3. The Morgan fingerprint density at radius 1 is 1.33 bits per heavy atom. The van der Waals surface area contributed by atoms with Crippen LogP contribution in [-0.4, -0.2) is 26.2 Å². The van der Waals surface area contributed by atoms with Crippen LogP contribution in [0.2, 0.25) is 0 Å². The van der Waals surface area contributed by atoms with Crippen molar-refractivity contribution in [3.05, 3.63) is 53.9 Å². The van der Waals surface area contributed by atoms with Crippen molar-refractivity contribution in [1.29, 1.82) is 0 Å². The molecule has 1 amide bonds. The van der Waals surface area contributed by atoms with Gasteiger partial charge in [0.15, 0.2) is 11.8 Å². The third-order valence-corrected chi connectivity index (χ3v) is 3.23. The predicted molar refractivity (Wildman–Crippen MR) is 78.7 cm³/mol. The summed E-state index contributed by atoms with van der Waals surface area (Å²) in [6.45, 7) is 1.88. The molecule has 0 bridgehead atoms. The number of benzene rings is 1. The number of pyridine rings is 1. The largest absolute Gasteiger partial charge is 0.378 e. The van der Waals surface area contributed by atoms with Crippen molar-refractivity contribution in [2.75, 3.05) is 5.32 Å². The van der Waals surface area contributed by atoms with Crippen LogP contribution in [0.3, 0.4) is 0 Å². The molecule has 6 nitrogen and oxygen atoms in total. The number of nitrogens with zero attached hydrogens (tertiary/aromatic N) is 2. The van der Waals surface area contributed by atoms with E-state index in [2.05, 4.69) is 20.5 Å². The molecule has 2 heterocycles. The zero-order valence-corrected chi connectivity index (χ0v) is 11.4. The van der Waals surface area contributed by atoms with Crippen molar-refractivity contribution in [3.8, 4) is 0 Å². The van der Waals surface area contributed by atoms with Gasteiger partial charge in [-0.1, -0.05) is 30.3 Å². The number of anilines is 1. The van der Waals surface area contributed by atoms with Crippen molar-refractivity contribution in [2.45, 2.75) is 13.0 Å². The molecular formula is C15H14N4O2. The lowest BCUT2D eigenvalue weighted by Gasteiger charge is -2.11. The number of carbonyl (C=O) groups is 1. The number of aromatic nitrogens is 3. The number of aryl methyl sites for hydroxylation is 1. The van der Waals surface area contributed by atoms with Crippen LogP contribution < -0.4 is 5.32 Å². The smallest absolute Gasteiger partial charge is 0.257 e. The van der Waals surface area contributed by atoms with Crippen LogP contribution in [0.25, 0.3) is 11.0 Å². The number of hydrogen-bond donors (Lipinski definition) is 3. The van der Waals surface area contributed by atoms with Crippen molar-refractivity contribution in [3.63, 3.8) is 0 Å². The minimum atomic E-state index is -1.22. The number of hydrogen-bond acceptors (Lipinski definition) is 4. The van der Waals surface area contributed by atoms with E-state index in [0.717, 1.165) is 11.1 Å². The second-order valence-corrected chi connectivity index (χ2v) is 4.75. The molecule has 0 aliphatic rings. The zero-order valence-electron chi connectivity index (χ0n) is 11.4. The van der Waals surface area contributed by atoms with Gasteiger partial charge < -0.3 is 10.4 Å². The Morgan fingerprint density at radius 2 is 2.10 bits per heavy atom. The molecule has 0 radical (unpaired) electrons. The van der Waals surface area contributed by atoms with Crippen LogP contribution in [0.15, 0.2) is 42.6 Å². The number of amides is 1. The Labute approximate surface area is 120 Å². The maximum Gasteiger partial charge on any atom is 0.257 e. The lowest BCUT2D eigenvalue weighted by molar-refractivity contribution is -0.124. The monoisotopic (exact) mass is 282 g/mol. The molecule has 0 aliphatic heterocycles.